The van der Waals surface area contributed by atoms with Crippen LogP contribution in [0.2, 0.25) is 0 Å². The van der Waals surface area contributed by atoms with Gasteiger partial charge in [0.25, 0.3) is 0 Å². The summed E-state index contributed by atoms with van der Waals surface area (Å²) in [6.07, 6.45) is 4.32. The van der Waals surface area contributed by atoms with Gasteiger partial charge in [-0.25, -0.2) is 4.98 Å². The molecule has 0 atom stereocenters. The van der Waals surface area contributed by atoms with Crippen LogP contribution in [0.1, 0.15) is 12.8 Å². The third-order valence-electron chi connectivity index (χ3n) is 3.53. The highest BCUT2D eigenvalue weighted by molar-refractivity contribution is 5.65. The highest BCUT2D eigenvalue weighted by Crippen LogP contribution is 2.18. The molecule has 2 rings (SSSR count). The van der Waals surface area contributed by atoms with Crippen molar-refractivity contribution in [1.82, 2.24) is 4.98 Å². The van der Waals surface area contributed by atoms with Crippen LogP contribution >= 0.6 is 0 Å². The van der Waals surface area contributed by atoms with Gasteiger partial charge < -0.3 is 21.3 Å². The van der Waals surface area contributed by atoms with Gasteiger partial charge in [0, 0.05) is 12.8 Å². The summed E-state index contributed by atoms with van der Waals surface area (Å²) in [4.78, 5) is 4.20. The van der Waals surface area contributed by atoms with Crippen molar-refractivity contribution in [2.24, 2.45) is 0 Å². The van der Waals surface area contributed by atoms with Crippen LogP contribution in [-0.4, -0.2) is 42.7 Å². The van der Waals surface area contributed by atoms with Crippen molar-refractivity contribution in [2.45, 2.75) is 12.8 Å². The lowest BCUT2D eigenvalue weighted by molar-refractivity contribution is -0.895. The Bertz CT molecular complexity index is 384. The van der Waals surface area contributed by atoms with Crippen LogP contribution in [0.5, 0.6) is 0 Å². The number of likely N-dealkylation sites (tertiary alicyclic amines) is 1. The largest absolute Gasteiger partial charge is 0.397 e. The predicted octanol–water partition coefficient (Wildman–Crippen LogP) is 0.898. The van der Waals surface area contributed by atoms with Gasteiger partial charge in [0.05, 0.1) is 50.8 Å². The quantitative estimate of drug-likeness (QED) is 0.679. The Balaban J connectivity index is 1.85. The number of rotatable bonds is 4. The zero-order chi connectivity index (χ0) is 12.3. The van der Waals surface area contributed by atoms with Gasteiger partial charge in [-0.15, -0.1) is 0 Å². The number of likely N-dealkylation sites (N-methyl/N-ethyl adjacent to an activating group) is 1. The molecule has 2 heterocycles. The minimum atomic E-state index is 0.603. The van der Waals surface area contributed by atoms with Crippen LogP contribution in [0.3, 0.4) is 0 Å². The smallest absolute Gasteiger partial charge is 0.149 e. The molecule has 0 aliphatic carbocycles. The van der Waals surface area contributed by atoms with E-state index in [1.807, 2.05) is 0 Å². The first kappa shape index (κ1) is 12.0. The Morgan fingerprint density at radius 1 is 1.35 bits per heavy atom. The van der Waals surface area contributed by atoms with E-state index in [0.717, 1.165) is 23.4 Å². The molecule has 0 unspecified atom stereocenters. The van der Waals surface area contributed by atoms with E-state index in [0.29, 0.717) is 11.4 Å². The van der Waals surface area contributed by atoms with Crippen LogP contribution in [0.15, 0.2) is 12.3 Å². The second-order valence-corrected chi connectivity index (χ2v) is 5.13. The third-order valence-corrected chi connectivity index (χ3v) is 3.53. The number of hydrogen-bond acceptors (Lipinski definition) is 4. The van der Waals surface area contributed by atoms with Crippen molar-refractivity contribution in [3.05, 3.63) is 12.3 Å². The third kappa shape index (κ3) is 3.00. The van der Waals surface area contributed by atoms with E-state index in [1.54, 1.807) is 12.3 Å². The number of nitrogens with zero attached hydrogens (tertiary/aromatic N) is 2. The Kier molecular flexibility index (Phi) is 3.38. The molecule has 1 fully saturated rings. The van der Waals surface area contributed by atoms with Gasteiger partial charge in [0.15, 0.2) is 0 Å². The molecule has 17 heavy (non-hydrogen) atoms. The molecule has 1 aromatic heterocycles. The number of nitrogens with one attached hydrogen (secondary N) is 1. The number of anilines is 3. The Morgan fingerprint density at radius 3 is 2.71 bits per heavy atom. The molecule has 0 amide bonds. The van der Waals surface area contributed by atoms with Crippen LogP contribution in [0, 0.1) is 0 Å². The molecule has 1 aromatic rings. The van der Waals surface area contributed by atoms with Gasteiger partial charge in [0.1, 0.15) is 5.82 Å². The fraction of sp³-hybridized carbons (Fsp3) is 0.583. The molecule has 5 N–H and O–H groups in total. The molecule has 5 heteroatoms. The van der Waals surface area contributed by atoms with Crippen LogP contribution in [0.4, 0.5) is 17.2 Å². The maximum atomic E-state index is 5.84. The van der Waals surface area contributed by atoms with Crippen LogP contribution < -0.4 is 16.8 Å². The normalized spacial score (nSPS) is 18.2. The fourth-order valence-corrected chi connectivity index (χ4v) is 2.41. The second kappa shape index (κ2) is 4.79. The lowest BCUT2D eigenvalue weighted by Gasteiger charge is -2.29. The molecule has 0 bridgehead atoms. The van der Waals surface area contributed by atoms with E-state index in [2.05, 4.69) is 17.3 Å². The van der Waals surface area contributed by atoms with Crippen molar-refractivity contribution in [2.75, 3.05) is 50.0 Å². The molecular formula is C12H22N5+. The first-order chi connectivity index (χ1) is 8.09. The Hall–Kier alpha value is -1.49. The zero-order valence-electron chi connectivity index (χ0n) is 10.4. The van der Waals surface area contributed by atoms with Crippen molar-refractivity contribution in [1.29, 1.82) is 0 Å². The first-order valence-electron chi connectivity index (χ1n) is 6.17. The zero-order valence-corrected chi connectivity index (χ0v) is 10.4. The maximum absolute atomic E-state index is 5.84. The summed E-state index contributed by atoms with van der Waals surface area (Å²) >= 11 is 0. The lowest BCUT2D eigenvalue weighted by Crippen LogP contribution is -2.44. The molecule has 0 spiro atoms. The summed E-state index contributed by atoms with van der Waals surface area (Å²) in [5, 5.41) is 3.28. The molecule has 1 aliphatic rings. The molecule has 0 aromatic carbocycles. The maximum Gasteiger partial charge on any atom is 0.149 e. The minimum absolute atomic E-state index is 0.603. The van der Waals surface area contributed by atoms with E-state index in [1.165, 1.54) is 25.9 Å². The minimum Gasteiger partial charge on any atom is -0.397 e. The highest BCUT2D eigenvalue weighted by Gasteiger charge is 2.25. The molecule has 1 aliphatic heterocycles. The Morgan fingerprint density at radius 2 is 2.06 bits per heavy atom. The van der Waals surface area contributed by atoms with E-state index in [9.17, 15) is 0 Å². The molecule has 0 saturated carbocycles. The van der Waals surface area contributed by atoms with Gasteiger partial charge in [-0.05, 0) is 6.07 Å². The summed E-state index contributed by atoms with van der Waals surface area (Å²) in [5.41, 5.74) is 12.7. The molecule has 94 valence electrons. The summed E-state index contributed by atoms with van der Waals surface area (Å²) in [7, 11) is 2.31. The number of hydrogen-bond donors (Lipinski definition) is 3. The van der Waals surface area contributed by atoms with E-state index in [-0.39, 0.29) is 0 Å². The number of pyridine rings is 1. The number of aromatic nitrogens is 1. The molecule has 1 saturated heterocycles. The van der Waals surface area contributed by atoms with Crippen molar-refractivity contribution in [3.63, 3.8) is 0 Å². The number of nitrogen functional groups attached to an aromatic ring is 2. The average molecular weight is 236 g/mol. The van der Waals surface area contributed by atoms with E-state index >= 15 is 0 Å². The van der Waals surface area contributed by atoms with E-state index < -0.39 is 0 Å². The van der Waals surface area contributed by atoms with Crippen molar-refractivity contribution >= 4 is 17.2 Å². The summed E-state index contributed by atoms with van der Waals surface area (Å²) in [6.45, 7) is 4.59. The van der Waals surface area contributed by atoms with Gasteiger partial charge in [0.2, 0.25) is 0 Å². The summed E-state index contributed by atoms with van der Waals surface area (Å²) in [6, 6.07) is 1.74. The Labute approximate surface area is 102 Å². The van der Waals surface area contributed by atoms with Gasteiger partial charge in [-0.3, -0.25) is 0 Å². The van der Waals surface area contributed by atoms with Crippen molar-refractivity contribution in [3.8, 4) is 0 Å². The number of quaternary nitrogens is 1. The second-order valence-electron chi connectivity index (χ2n) is 5.13. The first-order valence-corrected chi connectivity index (χ1v) is 6.17. The SMILES string of the molecule is C[N+]1(CCNc2ncc(N)cc2N)CCCC1. The average Bonchev–Trinajstić information content (AvgIpc) is 2.69. The monoisotopic (exact) mass is 236 g/mol. The molecular weight excluding hydrogens is 214 g/mol. The topological polar surface area (TPSA) is 77.0 Å². The number of nitrogens with two attached hydrogens (primary N) is 2. The van der Waals surface area contributed by atoms with Crippen molar-refractivity contribution < 1.29 is 4.48 Å². The van der Waals surface area contributed by atoms with Gasteiger partial charge in [-0.1, -0.05) is 0 Å². The van der Waals surface area contributed by atoms with Crippen LogP contribution in [0.25, 0.3) is 0 Å². The molecule has 0 radical (unpaired) electrons. The molecule has 5 nitrogen and oxygen atoms in total. The van der Waals surface area contributed by atoms with E-state index in [4.69, 9.17) is 11.5 Å². The van der Waals surface area contributed by atoms with Crippen LogP contribution in [-0.2, 0) is 0 Å². The predicted molar refractivity (Wildman–Crippen MR) is 71.6 cm³/mol. The summed E-state index contributed by atoms with van der Waals surface area (Å²) < 4.78 is 1.15. The van der Waals surface area contributed by atoms with Gasteiger partial charge in [-0.2, -0.15) is 0 Å². The standard InChI is InChI=1S/C12H22N5/c1-17(5-2-3-6-17)7-4-15-12-11(14)8-10(13)9-16-12/h8-9H,2-7,13-14H2,1H3,(H,15,16)/q+1. The highest BCUT2D eigenvalue weighted by atomic mass is 15.3. The summed E-state index contributed by atoms with van der Waals surface area (Å²) in [5.74, 6) is 0.741. The lowest BCUT2D eigenvalue weighted by atomic mass is 10.3. The van der Waals surface area contributed by atoms with Gasteiger partial charge >= 0.3 is 0 Å². The fourth-order valence-electron chi connectivity index (χ4n) is 2.41.